The lowest BCUT2D eigenvalue weighted by Crippen LogP contribution is -2.35. The van der Waals surface area contributed by atoms with Crippen molar-refractivity contribution >= 4 is 11.8 Å². The van der Waals surface area contributed by atoms with Crippen LogP contribution in [0.4, 0.5) is 0 Å². The third-order valence-corrected chi connectivity index (χ3v) is 3.37. The van der Waals surface area contributed by atoms with Gasteiger partial charge in [0.2, 0.25) is 0 Å². The van der Waals surface area contributed by atoms with Crippen molar-refractivity contribution in [1.82, 2.24) is 10.3 Å². The van der Waals surface area contributed by atoms with Gasteiger partial charge in [-0.25, -0.2) is 4.98 Å². The Morgan fingerprint density at radius 2 is 2.18 bits per heavy atom. The summed E-state index contributed by atoms with van der Waals surface area (Å²) in [5.74, 6) is 0. The van der Waals surface area contributed by atoms with Gasteiger partial charge in [-0.2, -0.15) is 0 Å². The summed E-state index contributed by atoms with van der Waals surface area (Å²) in [6.07, 6.45) is 1.80. The largest absolute Gasteiger partial charge is 0.395 e. The minimum absolute atomic E-state index is 0.0976. The van der Waals surface area contributed by atoms with Crippen molar-refractivity contribution in [2.24, 2.45) is 0 Å². The van der Waals surface area contributed by atoms with Crippen LogP contribution < -0.4 is 5.32 Å². The highest BCUT2D eigenvalue weighted by atomic mass is 32.2. The molecule has 0 aliphatic carbocycles. The van der Waals surface area contributed by atoms with Crippen molar-refractivity contribution in [2.45, 2.75) is 50.1 Å². The number of nitrogens with one attached hydrogen (secondary N) is 1. The summed E-state index contributed by atoms with van der Waals surface area (Å²) in [6.45, 7) is 9.41. The number of thioether (sulfide) groups is 1. The standard InChI is InChI=1S/C13H22N2OS/c1-10(9-16)17-12-11(6-5-7-14-12)8-15-13(2,3)4/h5-7,10,15-16H,8-9H2,1-4H3. The van der Waals surface area contributed by atoms with Gasteiger partial charge in [0.15, 0.2) is 0 Å². The van der Waals surface area contributed by atoms with E-state index in [-0.39, 0.29) is 17.4 Å². The van der Waals surface area contributed by atoms with E-state index in [1.54, 1.807) is 18.0 Å². The number of pyridine rings is 1. The second kappa shape index (κ2) is 6.38. The Labute approximate surface area is 108 Å². The van der Waals surface area contributed by atoms with E-state index in [1.807, 2.05) is 13.0 Å². The van der Waals surface area contributed by atoms with Gasteiger partial charge in [-0.05, 0) is 32.4 Å². The van der Waals surface area contributed by atoms with E-state index < -0.39 is 0 Å². The Hall–Kier alpha value is -0.580. The van der Waals surface area contributed by atoms with E-state index in [1.165, 1.54) is 5.56 Å². The van der Waals surface area contributed by atoms with Crippen molar-refractivity contribution in [3.05, 3.63) is 23.9 Å². The van der Waals surface area contributed by atoms with E-state index in [4.69, 9.17) is 5.11 Å². The highest BCUT2D eigenvalue weighted by Crippen LogP contribution is 2.24. The first-order valence-electron chi connectivity index (χ1n) is 5.89. The van der Waals surface area contributed by atoms with Crippen molar-refractivity contribution in [3.63, 3.8) is 0 Å². The zero-order valence-electron chi connectivity index (χ0n) is 11.0. The minimum atomic E-state index is 0.0976. The summed E-state index contributed by atoms with van der Waals surface area (Å²) in [6, 6.07) is 4.03. The third kappa shape index (κ3) is 5.52. The molecule has 0 bridgehead atoms. The average Bonchev–Trinajstić information content (AvgIpc) is 2.26. The molecule has 0 saturated heterocycles. The van der Waals surface area contributed by atoms with Crippen LogP contribution in [0.2, 0.25) is 0 Å². The second-order valence-electron chi connectivity index (χ2n) is 5.18. The normalized spacial score (nSPS) is 13.7. The van der Waals surface area contributed by atoms with Gasteiger partial charge < -0.3 is 10.4 Å². The Kier molecular flexibility index (Phi) is 5.43. The Morgan fingerprint density at radius 1 is 1.47 bits per heavy atom. The van der Waals surface area contributed by atoms with Crippen LogP contribution in [0.3, 0.4) is 0 Å². The van der Waals surface area contributed by atoms with Crippen LogP contribution in [-0.2, 0) is 6.54 Å². The SMILES string of the molecule is CC(CO)Sc1ncccc1CNC(C)(C)C. The second-order valence-corrected chi connectivity index (χ2v) is 6.61. The fourth-order valence-corrected chi connectivity index (χ4v) is 2.12. The molecular formula is C13H22N2OS. The lowest BCUT2D eigenvalue weighted by Gasteiger charge is -2.21. The highest BCUT2D eigenvalue weighted by molar-refractivity contribution is 7.99. The number of aliphatic hydroxyl groups is 1. The van der Waals surface area contributed by atoms with Crippen LogP contribution in [-0.4, -0.2) is 27.5 Å². The summed E-state index contributed by atoms with van der Waals surface area (Å²) in [4.78, 5) is 4.38. The van der Waals surface area contributed by atoms with E-state index in [2.05, 4.69) is 37.1 Å². The molecule has 17 heavy (non-hydrogen) atoms. The van der Waals surface area contributed by atoms with E-state index in [0.29, 0.717) is 0 Å². The number of hydrogen-bond acceptors (Lipinski definition) is 4. The smallest absolute Gasteiger partial charge is 0.101 e. The molecule has 1 unspecified atom stereocenters. The first-order valence-corrected chi connectivity index (χ1v) is 6.77. The number of aliphatic hydroxyl groups excluding tert-OH is 1. The predicted octanol–water partition coefficient (Wildman–Crippen LogP) is 2.44. The zero-order valence-corrected chi connectivity index (χ0v) is 11.8. The zero-order chi connectivity index (χ0) is 12.9. The molecule has 96 valence electrons. The molecule has 1 heterocycles. The molecule has 0 saturated carbocycles. The average molecular weight is 254 g/mol. The van der Waals surface area contributed by atoms with E-state index in [9.17, 15) is 0 Å². The van der Waals surface area contributed by atoms with Gasteiger partial charge >= 0.3 is 0 Å². The molecule has 2 N–H and O–H groups in total. The molecule has 1 rings (SSSR count). The van der Waals surface area contributed by atoms with Crippen LogP contribution in [0.15, 0.2) is 23.4 Å². The summed E-state index contributed by atoms with van der Waals surface area (Å²) >= 11 is 1.62. The van der Waals surface area contributed by atoms with Gasteiger partial charge in [0, 0.05) is 23.5 Å². The molecule has 0 amide bonds. The van der Waals surface area contributed by atoms with Crippen LogP contribution in [0.1, 0.15) is 33.3 Å². The molecule has 0 aromatic carbocycles. The maximum atomic E-state index is 9.08. The molecule has 0 spiro atoms. The molecule has 0 radical (unpaired) electrons. The van der Waals surface area contributed by atoms with Gasteiger partial charge in [-0.1, -0.05) is 13.0 Å². The fourth-order valence-electron chi connectivity index (χ4n) is 1.25. The Morgan fingerprint density at radius 3 is 2.76 bits per heavy atom. The summed E-state index contributed by atoms with van der Waals surface area (Å²) in [5.41, 5.74) is 1.29. The van der Waals surface area contributed by atoms with Crippen LogP contribution in [0, 0.1) is 0 Å². The van der Waals surface area contributed by atoms with Crippen LogP contribution >= 0.6 is 11.8 Å². The van der Waals surface area contributed by atoms with Gasteiger partial charge in [0.1, 0.15) is 5.03 Å². The monoisotopic (exact) mass is 254 g/mol. The summed E-state index contributed by atoms with van der Waals surface area (Å²) in [5, 5.41) is 13.7. The molecule has 1 atom stereocenters. The van der Waals surface area contributed by atoms with Gasteiger partial charge in [0.25, 0.3) is 0 Å². The van der Waals surface area contributed by atoms with Crippen LogP contribution in [0.25, 0.3) is 0 Å². The Balaban J connectivity index is 2.70. The number of nitrogens with zero attached hydrogens (tertiary/aromatic N) is 1. The van der Waals surface area contributed by atoms with E-state index >= 15 is 0 Å². The molecule has 1 aromatic rings. The van der Waals surface area contributed by atoms with Crippen molar-refractivity contribution < 1.29 is 5.11 Å². The quantitative estimate of drug-likeness (QED) is 0.792. The lowest BCUT2D eigenvalue weighted by molar-refractivity contribution is 0.300. The number of hydrogen-bond donors (Lipinski definition) is 2. The molecule has 0 aliphatic rings. The summed E-state index contributed by atoms with van der Waals surface area (Å²) < 4.78 is 0. The molecule has 3 nitrogen and oxygen atoms in total. The minimum Gasteiger partial charge on any atom is -0.395 e. The van der Waals surface area contributed by atoms with Crippen LogP contribution in [0.5, 0.6) is 0 Å². The molecular weight excluding hydrogens is 232 g/mol. The van der Waals surface area contributed by atoms with E-state index in [0.717, 1.165) is 11.6 Å². The maximum absolute atomic E-state index is 9.08. The predicted molar refractivity (Wildman–Crippen MR) is 73.2 cm³/mol. The van der Waals surface area contributed by atoms with Gasteiger partial charge in [-0.15, -0.1) is 11.8 Å². The van der Waals surface area contributed by atoms with Crippen molar-refractivity contribution in [3.8, 4) is 0 Å². The molecule has 0 aliphatic heterocycles. The summed E-state index contributed by atoms with van der Waals surface area (Å²) in [7, 11) is 0. The van der Waals surface area contributed by atoms with Gasteiger partial charge in [0.05, 0.1) is 6.61 Å². The molecule has 0 fully saturated rings. The van der Waals surface area contributed by atoms with Crippen molar-refractivity contribution in [2.75, 3.05) is 6.61 Å². The van der Waals surface area contributed by atoms with Crippen molar-refractivity contribution in [1.29, 1.82) is 0 Å². The lowest BCUT2D eigenvalue weighted by atomic mass is 10.1. The maximum Gasteiger partial charge on any atom is 0.101 e. The highest BCUT2D eigenvalue weighted by Gasteiger charge is 2.12. The Bertz CT molecular complexity index is 350. The number of aromatic nitrogens is 1. The fraction of sp³-hybridized carbons (Fsp3) is 0.615. The first-order chi connectivity index (χ1) is 7.92. The topological polar surface area (TPSA) is 45.2 Å². The molecule has 4 heteroatoms. The first kappa shape index (κ1) is 14.5. The third-order valence-electron chi connectivity index (χ3n) is 2.23. The van der Waals surface area contributed by atoms with Gasteiger partial charge in [-0.3, -0.25) is 0 Å². The number of rotatable bonds is 5. The molecule has 1 aromatic heterocycles.